The predicted molar refractivity (Wildman–Crippen MR) is 156 cm³/mol. The summed E-state index contributed by atoms with van der Waals surface area (Å²) in [4.78, 5) is 29.0. The normalized spacial score (nSPS) is 12.0. The number of para-hydroxylation sites is 1. The number of sulfonamides is 1. The van der Waals surface area contributed by atoms with E-state index in [4.69, 9.17) is 0 Å². The van der Waals surface area contributed by atoms with Crippen LogP contribution in [-0.4, -0.2) is 44.3 Å². The molecule has 3 aromatic rings. The molecule has 7 nitrogen and oxygen atoms in total. The third kappa shape index (κ3) is 7.26. The first kappa shape index (κ1) is 29.9. The molecule has 2 amide bonds. The number of carbonyl (C=O) groups excluding carboxylic acids is 2. The Morgan fingerprint density at radius 3 is 2.08 bits per heavy atom. The van der Waals surface area contributed by atoms with E-state index >= 15 is 0 Å². The highest BCUT2D eigenvalue weighted by Gasteiger charge is 2.34. The van der Waals surface area contributed by atoms with Gasteiger partial charge in [0, 0.05) is 13.1 Å². The molecule has 0 heterocycles. The van der Waals surface area contributed by atoms with Crippen LogP contribution in [-0.2, 0) is 32.6 Å². The highest BCUT2D eigenvalue weighted by atomic mass is 32.2. The van der Waals surface area contributed by atoms with E-state index in [0.29, 0.717) is 25.1 Å². The van der Waals surface area contributed by atoms with E-state index in [9.17, 15) is 18.0 Å². The van der Waals surface area contributed by atoms with Crippen molar-refractivity contribution in [3.05, 3.63) is 95.6 Å². The van der Waals surface area contributed by atoms with Gasteiger partial charge in [-0.25, -0.2) is 8.42 Å². The van der Waals surface area contributed by atoms with Gasteiger partial charge in [-0.05, 0) is 61.1 Å². The van der Waals surface area contributed by atoms with Gasteiger partial charge in [-0.15, -0.1) is 0 Å². The van der Waals surface area contributed by atoms with Crippen molar-refractivity contribution in [2.24, 2.45) is 0 Å². The van der Waals surface area contributed by atoms with Gasteiger partial charge < -0.3 is 10.2 Å². The van der Waals surface area contributed by atoms with E-state index in [-0.39, 0.29) is 17.3 Å². The Morgan fingerprint density at radius 1 is 0.846 bits per heavy atom. The molecule has 8 heteroatoms. The van der Waals surface area contributed by atoms with Crippen molar-refractivity contribution in [1.29, 1.82) is 0 Å². The molecular formula is C31H39N3O4S. The van der Waals surface area contributed by atoms with Gasteiger partial charge in [-0.3, -0.25) is 13.9 Å². The monoisotopic (exact) mass is 549 g/mol. The molecule has 1 N–H and O–H groups in total. The van der Waals surface area contributed by atoms with Crippen LogP contribution < -0.4 is 9.62 Å². The molecule has 0 radical (unpaired) electrons. The van der Waals surface area contributed by atoms with Crippen molar-refractivity contribution >= 4 is 27.5 Å². The van der Waals surface area contributed by atoms with Crippen LogP contribution in [0.1, 0.15) is 50.3 Å². The number of carbonyl (C=O) groups is 2. The Morgan fingerprint density at radius 2 is 1.46 bits per heavy atom. The smallest absolute Gasteiger partial charge is 0.264 e. The zero-order chi connectivity index (χ0) is 28.4. The minimum atomic E-state index is -4.08. The van der Waals surface area contributed by atoms with Gasteiger partial charge in [-0.2, -0.15) is 0 Å². The molecule has 208 valence electrons. The lowest BCUT2D eigenvalue weighted by Gasteiger charge is -2.34. The van der Waals surface area contributed by atoms with Crippen LogP contribution in [0.5, 0.6) is 0 Å². The fourth-order valence-electron chi connectivity index (χ4n) is 4.54. The molecule has 1 atom stereocenters. The minimum Gasteiger partial charge on any atom is -0.354 e. The quantitative estimate of drug-likeness (QED) is 0.322. The second-order valence-corrected chi connectivity index (χ2v) is 11.3. The van der Waals surface area contributed by atoms with E-state index in [1.54, 1.807) is 30.3 Å². The number of benzene rings is 3. The van der Waals surface area contributed by atoms with Crippen LogP contribution in [0.4, 0.5) is 5.69 Å². The third-order valence-corrected chi connectivity index (χ3v) is 8.56. The maximum absolute atomic E-state index is 14.1. The molecular weight excluding hydrogens is 510 g/mol. The van der Waals surface area contributed by atoms with Gasteiger partial charge in [0.15, 0.2) is 0 Å². The Kier molecular flexibility index (Phi) is 10.7. The maximum atomic E-state index is 14.1. The summed E-state index contributed by atoms with van der Waals surface area (Å²) in [5.74, 6) is -0.685. The van der Waals surface area contributed by atoms with Crippen LogP contribution in [0.15, 0.2) is 83.8 Å². The van der Waals surface area contributed by atoms with Gasteiger partial charge in [0.25, 0.3) is 10.0 Å². The van der Waals surface area contributed by atoms with Crippen molar-refractivity contribution < 1.29 is 18.0 Å². The molecule has 0 saturated carbocycles. The predicted octanol–water partition coefficient (Wildman–Crippen LogP) is 5.09. The van der Waals surface area contributed by atoms with Crippen molar-refractivity contribution in [3.8, 4) is 0 Å². The molecule has 39 heavy (non-hydrogen) atoms. The van der Waals surface area contributed by atoms with Crippen LogP contribution in [0.25, 0.3) is 0 Å². The highest BCUT2D eigenvalue weighted by molar-refractivity contribution is 7.92. The molecule has 3 rings (SSSR count). The molecule has 0 aliphatic rings. The zero-order valence-electron chi connectivity index (χ0n) is 23.3. The molecule has 0 unspecified atom stereocenters. The van der Waals surface area contributed by atoms with E-state index in [1.807, 2.05) is 64.1 Å². The average Bonchev–Trinajstić information content (AvgIpc) is 2.95. The lowest BCUT2D eigenvalue weighted by Crippen LogP contribution is -2.52. The number of rotatable bonds is 13. The summed E-state index contributed by atoms with van der Waals surface area (Å²) in [6.07, 6.45) is 1.75. The number of aryl methyl sites for hydroxylation is 2. The third-order valence-electron chi connectivity index (χ3n) is 6.79. The first-order valence-electron chi connectivity index (χ1n) is 13.5. The second-order valence-electron chi connectivity index (χ2n) is 9.47. The standard InChI is InChI=1S/C31H39N3O4S/c1-5-21-32-31(36)28(7-3)33(22-26-17-12-11-15-24(26)4)30(35)23-34(29-20-14-13-16-25(29)6-2)39(37,38)27-18-9-8-10-19-27/h8-20,28H,5-7,21-23H2,1-4H3,(H,32,36)/t28-/m1/s1. The van der Waals surface area contributed by atoms with Crippen LogP contribution in [0.3, 0.4) is 0 Å². The Labute approximate surface area is 232 Å². The van der Waals surface area contributed by atoms with E-state index in [1.165, 1.54) is 21.3 Å². The number of amides is 2. The van der Waals surface area contributed by atoms with E-state index in [2.05, 4.69) is 5.32 Å². The fourth-order valence-corrected chi connectivity index (χ4v) is 6.02. The van der Waals surface area contributed by atoms with Crippen molar-refractivity contribution in [2.45, 2.75) is 64.4 Å². The average molecular weight is 550 g/mol. The molecule has 0 spiro atoms. The summed E-state index contributed by atoms with van der Waals surface area (Å²) in [6, 6.07) is 22.3. The summed E-state index contributed by atoms with van der Waals surface area (Å²) >= 11 is 0. The maximum Gasteiger partial charge on any atom is 0.264 e. The van der Waals surface area contributed by atoms with Gasteiger partial charge in [0.1, 0.15) is 12.6 Å². The van der Waals surface area contributed by atoms with Gasteiger partial charge >= 0.3 is 0 Å². The molecule has 0 aliphatic heterocycles. The Hall–Kier alpha value is -3.65. The topological polar surface area (TPSA) is 86.8 Å². The van der Waals surface area contributed by atoms with Gasteiger partial charge in [0.2, 0.25) is 11.8 Å². The van der Waals surface area contributed by atoms with Crippen molar-refractivity contribution in [1.82, 2.24) is 10.2 Å². The fraction of sp³-hybridized carbons (Fsp3) is 0.355. The van der Waals surface area contributed by atoms with Crippen molar-refractivity contribution in [3.63, 3.8) is 0 Å². The zero-order valence-corrected chi connectivity index (χ0v) is 24.1. The first-order chi connectivity index (χ1) is 18.7. The molecule has 0 fully saturated rings. The summed E-state index contributed by atoms with van der Waals surface area (Å²) in [5.41, 5.74) is 3.16. The summed E-state index contributed by atoms with van der Waals surface area (Å²) in [5, 5.41) is 2.91. The summed E-state index contributed by atoms with van der Waals surface area (Å²) in [7, 11) is -4.08. The van der Waals surface area contributed by atoms with Crippen LogP contribution in [0.2, 0.25) is 0 Å². The van der Waals surface area contributed by atoms with Gasteiger partial charge in [-0.1, -0.05) is 81.4 Å². The van der Waals surface area contributed by atoms with E-state index in [0.717, 1.165) is 23.1 Å². The van der Waals surface area contributed by atoms with Crippen LogP contribution >= 0.6 is 0 Å². The van der Waals surface area contributed by atoms with Crippen molar-refractivity contribution in [2.75, 3.05) is 17.4 Å². The number of anilines is 1. The molecule has 0 saturated heterocycles. The lowest BCUT2D eigenvalue weighted by molar-refractivity contribution is -0.140. The lowest BCUT2D eigenvalue weighted by atomic mass is 10.1. The molecule has 0 aromatic heterocycles. The number of nitrogens with one attached hydrogen (secondary N) is 1. The summed E-state index contributed by atoms with van der Waals surface area (Å²) in [6.45, 7) is 7.99. The molecule has 3 aromatic carbocycles. The largest absolute Gasteiger partial charge is 0.354 e. The second kappa shape index (κ2) is 13.9. The number of hydrogen-bond acceptors (Lipinski definition) is 4. The SMILES string of the molecule is CCCNC(=O)[C@@H](CC)N(Cc1ccccc1C)C(=O)CN(c1ccccc1CC)S(=O)(=O)c1ccccc1. The highest BCUT2D eigenvalue weighted by Crippen LogP contribution is 2.28. The molecule has 0 aliphatic carbocycles. The number of hydrogen-bond donors (Lipinski definition) is 1. The van der Waals surface area contributed by atoms with E-state index < -0.39 is 28.5 Å². The Bertz CT molecular complexity index is 1360. The van der Waals surface area contributed by atoms with Crippen LogP contribution in [0, 0.1) is 6.92 Å². The first-order valence-corrected chi connectivity index (χ1v) is 15.0. The van der Waals surface area contributed by atoms with Gasteiger partial charge in [0.05, 0.1) is 10.6 Å². The Balaban J connectivity index is 2.09. The number of nitrogens with zero attached hydrogens (tertiary/aromatic N) is 2. The minimum absolute atomic E-state index is 0.0990. The summed E-state index contributed by atoms with van der Waals surface area (Å²) < 4.78 is 29.1. The molecule has 0 bridgehead atoms.